The first kappa shape index (κ1) is 22.3. The zero-order chi connectivity index (χ0) is 20.4. The van der Waals surface area contributed by atoms with E-state index in [2.05, 4.69) is 10.6 Å². The van der Waals surface area contributed by atoms with E-state index in [4.69, 9.17) is 5.11 Å². The minimum atomic E-state index is -1.47. The zero-order valence-electron chi connectivity index (χ0n) is 15.4. The summed E-state index contributed by atoms with van der Waals surface area (Å²) in [6, 6.07) is 6.94. The lowest BCUT2D eigenvalue weighted by Gasteiger charge is -2.24. The Morgan fingerprint density at radius 2 is 1.70 bits per heavy atom. The lowest BCUT2D eigenvalue weighted by molar-refractivity contribution is -0.141. The molecule has 3 N–H and O–H groups in total. The van der Waals surface area contributed by atoms with Crippen LogP contribution >= 0.6 is 0 Å². The summed E-state index contributed by atoms with van der Waals surface area (Å²) in [5, 5.41) is 13.7. The summed E-state index contributed by atoms with van der Waals surface area (Å²) in [7, 11) is 0. The number of hydrogen-bond donors (Lipinski definition) is 3. The Bertz CT molecular complexity index is 663. The van der Waals surface area contributed by atoms with Crippen LogP contribution in [0.3, 0.4) is 0 Å². The maximum absolute atomic E-state index is 12.6. The average molecular weight is 380 g/mol. The van der Waals surface area contributed by atoms with E-state index in [-0.39, 0.29) is 18.2 Å². The molecule has 2 atom stereocenters. The molecule has 0 aromatic heterocycles. The summed E-state index contributed by atoms with van der Waals surface area (Å²) < 4.78 is 12.6. The maximum atomic E-state index is 12.6. The van der Waals surface area contributed by atoms with Crippen LogP contribution in [-0.4, -0.2) is 47.4 Å². The van der Waals surface area contributed by atoms with Crippen LogP contribution in [-0.2, 0) is 25.6 Å². The van der Waals surface area contributed by atoms with Crippen LogP contribution in [0.2, 0.25) is 0 Å². The van der Waals surface area contributed by atoms with Crippen LogP contribution in [0, 0.1) is 5.92 Å². The molecule has 0 saturated heterocycles. The van der Waals surface area contributed by atoms with E-state index in [1.807, 2.05) is 30.3 Å². The molecule has 27 heavy (non-hydrogen) atoms. The number of ketones is 1. The summed E-state index contributed by atoms with van der Waals surface area (Å²) in [6.45, 7) is 2.02. The van der Waals surface area contributed by atoms with Crippen molar-refractivity contribution in [3.63, 3.8) is 0 Å². The van der Waals surface area contributed by atoms with Crippen LogP contribution in [0.4, 0.5) is 4.39 Å². The predicted octanol–water partition coefficient (Wildman–Crippen LogP) is 1.26. The SMILES string of the molecule is CC(C)[C@H](NC(=O)CCc1ccccc1)C(=O)NC(CC(=O)O)C(=O)CF. The highest BCUT2D eigenvalue weighted by atomic mass is 19.1. The monoisotopic (exact) mass is 380 g/mol. The first-order chi connectivity index (χ1) is 12.7. The Morgan fingerprint density at radius 3 is 2.22 bits per heavy atom. The number of benzene rings is 1. The molecular weight excluding hydrogens is 355 g/mol. The molecular formula is C19H25FN2O5. The Balaban J connectivity index is 2.69. The zero-order valence-corrected chi connectivity index (χ0v) is 15.4. The predicted molar refractivity (Wildman–Crippen MR) is 96.7 cm³/mol. The number of nitrogens with one attached hydrogen (secondary N) is 2. The van der Waals surface area contributed by atoms with Gasteiger partial charge in [0.2, 0.25) is 11.8 Å². The number of carbonyl (C=O) groups excluding carboxylic acids is 3. The molecule has 0 aliphatic carbocycles. The van der Waals surface area contributed by atoms with E-state index in [0.717, 1.165) is 5.56 Å². The molecule has 148 valence electrons. The maximum Gasteiger partial charge on any atom is 0.305 e. The first-order valence-corrected chi connectivity index (χ1v) is 8.68. The third-order valence-corrected chi connectivity index (χ3v) is 3.96. The number of carboxylic acids is 1. The first-order valence-electron chi connectivity index (χ1n) is 8.68. The van der Waals surface area contributed by atoms with Crippen molar-refractivity contribution in [2.24, 2.45) is 5.92 Å². The van der Waals surface area contributed by atoms with Crippen molar-refractivity contribution < 1.29 is 28.7 Å². The number of aryl methyl sites for hydroxylation is 1. The second kappa shape index (κ2) is 11.1. The van der Waals surface area contributed by atoms with Crippen molar-refractivity contribution in [3.05, 3.63) is 35.9 Å². The molecule has 0 spiro atoms. The summed E-state index contributed by atoms with van der Waals surface area (Å²) in [5.74, 6) is -3.74. The fourth-order valence-corrected chi connectivity index (χ4v) is 2.46. The number of amides is 2. The highest BCUT2D eigenvalue weighted by Crippen LogP contribution is 2.07. The topological polar surface area (TPSA) is 113 Å². The van der Waals surface area contributed by atoms with Crippen LogP contribution in [0.15, 0.2) is 30.3 Å². The third kappa shape index (κ3) is 7.98. The molecule has 0 radical (unpaired) electrons. The van der Waals surface area contributed by atoms with Crippen molar-refractivity contribution in [3.8, 4) is 0 Å². The number of carbonyl (C=O) groups is 4. The smallest absolute Gasteiger partial charge is 0.305 e. The van der Waals surface area contributed by atoms with Gasteiger partial charge >= 0.3 is 5.97 Å². The average Bonchev–Trinajstić information content (AvgIpc) is 2.63. The molecule has 0 bridgehead atoms. The number of aliphatic carboxylic acids is 1. The molecule has 1 unspecified atom stereocenters. The van der Waals surface area contributed by atoms with Crippen molar-refractivity contribution in [1.29, 1.82) is 0 Å². The third-order valence-electron chi connectivity index (χ3n) is 3.96. The van der Waals surface area contributed by atoms with Gasteiger partial charge in [-0.15, -0.1) is 0 Å². The van der Waals surface area contributed by atoms with E-state index in [1.54, 1.807) is 13.8 Å². The van der Waals surface area contributed by atoms with Gasteiger partial charge < -0.3 is 15.7 Å². The molecule has 0 aliphatic rings. The summed E-state index contributed by atoms with van der Waals surface area (Å²) in [5.41, 5.74) is 0.980. The number of Topliss-reactive ketones (excluding diaryl/α,β-unsaturated/α-hetero) is 1. The van der Waals surface area contributed by atoms with Crippen molar-refractivity contribution in [2.45, 2.75) is 45.2 Å². The molecule has 7 nitrogen and oxygen atoms in total. The Hall–Kier alpha value is -2.77. The van der Waals surface area contributed by atoms with Gasteiger partial charge in [0.25, 0.3) is 0 Å². The Labute approximate surface area is 157 Å². The van der Waals surface area contributed by atoms with Gasteiger partial charge in [-0.05, 0) is 17.9 Å². The quantitative estimate of drug-likeness (QED) is 0.535. The number of halogens is 1. The molecule has 2 amide bonds. The second-order valence-corrected chi connectivity index (χ2v) is 6.53. The largest absolute Gasteiger partial charge is 0.481 e. The lowest BCUT2D eigenvalue weighted by atomic mass is 10.0. The number of alkyl halides is 1. The van der Waals surface area contributed by atoms with Gasteiger partial charge in [-0.1, -0.05) is 44.2 Å². The molecule has 1 rings (SSSR count). The molecule has 0 aliphatic heterocycles. The Morgan fingerprint density at radius 1 is 1.07 bits per heavy atom. The minimum Gasteiger partial charge on any atom is -0.481 e. The van der Waals surface area contributed by atoms with Crippen molar-refractivity contribution in [1.82, 2.24) is 10.6 Å². The molecule has 0 heterocycles. The fourth-order valence-electron chi connectivity index (χ4n) is 2.46. The molecule has 0 saturated carbocycles. The van der Waals surface area contributed by atoms with Crippen molar-refractivity contribution in [2.75, 3.05) is 6.67 Å². The van der Waals surface area contributed by atoms with E-state index in [1.165, 1.54) is 0 Å². The van der Waals surface area contributed by atoms with E-state index in [9.17, 15) is 23.6 Å². The Kier molecular flexibility index (Phi) is 9.12. The van der Waals surface area contributed by atoms with Gasteiger partial charge in [0, 0.05) is 6.42 Å². The van der Waals surface area contributed by atoms with Gasteiger partial charge in [0.1, 0.15) is 18.8 Å². The van der Waals surface area contributed by atoms with Crippen LogP contribution in [0.5, 0.6) is 0 Å². The van der Waals surface area contributed by atoms with Crippen molar-refractivity contribution >= 4 is 23.6 Å². The van der Waals surface area contributed by atoms with Gasteiger partial charge in [-0.3, -0.25) is 19.2 Å². The number of hydrogen-bond acceptors (Lipinski definition) is 4. The van der Waals surface area contributed by atoms with Gasteiger partial charge in [0.15, 0.2) is 5.78 Å². The molecule has 8 heteroatoms. The summed E-state index contributed by atoms with van der Waals surface area (Å²) in [4.78, 5) is 46.9. The summed E-state index contributed by atoms with van der Waals surface area (Å²) in [6.07, 6.45) is -0.0508. The second-order valence-electron chi connectivity index (χ2n) is 6.53. The number of rotatable bonds is 11. The molecule has 0 fully saturated rings. The summed E-state index contributed by atoms with van der Waals surface area (Å²) >= 11 is 0. The number of carboxylic acid groups (broad SMARTS) is 1. The van der Waals surface area contributed by atoms with Gasteiger partial charge in [-0.25, -0.2) is 4.39 Å². The van der Waals surface area contributed by atoms with Crippen LogP contribution < -0.4 is 10.6 Å². The van der Waals surface area contributed by atoms with Gasteiger partial charge in [-0.2, -0.15) is 0 Å². The van der Waals surface area contributed by atoms with Crippen LogP contribution in [0.1, 0.15) is 32.3 Å². The lowest BCUT2D eigenvalue weighted by Crippen LogP contribution is -2.54. The van der Waals surface area contributed by atoms with Gasteiger partial charge in [0.05, 0.1) is 6.42 Å². The fraction of sp³-hybridized carbons (Fsp3) is 0.474. The van der Waals surface area contributed by atoms with E-state index >= 15 is 0 Å². The van der Waals surface area contributed by atoms with E-state index in [0.29, 0.717) is 6.42 Å². The minimum absolute atomic E-state index is 0.169. The molecule has 1 aromatic carbocycles. The molecule has 1 aromatic rings. The van der Waals surface area contributed by atoms with E-state index < -0.39 is 42.8 Å². The van der Waals surface area contributed by atoms with Crippen LogP contribution in [0.25, 0.3) is 0 Å². The standard InChI is InChI=1S/C19H25FN2O5/c1-12(2)18(19(27)21-14(10-17(25)26)15(23)11-20)22-16(24)9-8-13-6-4-3-5-7-13/h3-7,12,14,18H,8-11H2,1-2H3,(H,21,27)(H,22,24)(H,25,26)/t14?,18-/m0/s1. The highest BCUT2D eigenvalue weighted by Gasteiger charge is 2.29. The normalized spacial score (nSPS) is 12.9. The highest BCUT2D eigenvalue weighted by molar-refractivity contribution is 5.95.